The molecule has 0 fully saturated rings. The van der Waals surface area contributed by atoms with E-state index in [-0.39, 0.29) is 27.4 Å². The summed E-state index contributed by atoms with van der Waals surface area (Å²) in [6.07, 6.45) is 0. The highest BCUT2D eigenvalue weighted by Gasteiger charge is 2.39. The molecule has 29 heavy (non-hydrogen) atoms. The predicted octanol–water partition coefficient (Wildman–Crippen LogP) is 3.90. The summed E-state index contributed by atoms with van der Waals surface area (Å²) in [6, 6.07) is 7.76. The number of carboxylic acid groups (broad SMARTS) is 1. The number of hydrogen-bond acceptors (Lipinski definition) is 4. The first-order valence-corrected chi connectivity index (χ1v) is 8.81. The summed E-state index contributed by atoms with van der Waals surface area (Å²) in [7, 11) is 1.17. The lowest BCUT2D eigenvalue weighted by molar-refractivity contribution is -0.136. The molecule has 9 heteroatoms. The Hall–Kier alpha value is -3.39. The number of allylic oxidation sites excluding steroid dienone is 1. The highest BCUT2D eigenvalue weighted by Crippen LogP contribution is 2.37. The lowest BCUT2D eigenvalue weighted by Crippen LogP contribution is -2.48. The highest BCUT2D eigenvalue weighted by atomic mass is 35.5. The molecule has 1 heterocycles. The monoisotopic (exact) mass is 418 g/mol. The number of aromatic carboxylic acids is 1. The van der Waals surface area contributed by atoms with Crippen molar-refractivity contribution < 1.29 is 28.6 Å². The van der Waals surface area contributed by atoms with Crippen LogP contribution in [0, 0.1) is 5.82 Å². The molecule has 3 rings (SSSR count). The van der Waals surface area contributed by atoms with Crippen molar-refractivity contribution in [3.8, 4) is 0 Å². The fourth-order valence-corrected chi connectivity index (χ4v) is 3.46. The van der Waals surface area contributed by atoms with E-state index < -0.39 is 29.8 Å². The van der Waals surface area contributed by atoms with Crippen LogP contribution in [0.3, 0.4) is 0 Å². The van der Waals surface area contributed by atoms with Crippen molar-refractivity contribution in [2.24, 2.45) is 0 Å². The fourth-order valence-electron chi connectivity index (χ4n) is 3.18. The van der Waals surface area contributed by atoms with Gasteiger partial charge in [-0.3, -0.25) is 4.90 Å². The number of hydrogen-bond donors (Lipinski definition) is 2. The molecule has 0 aromatic heterocycles. The highest BCUT2D eigenvalue weighted by molar-refractivity contribution is 6.31. The molecular weight excluding hydrogens is 403 g/mol. The van der Waals surface area contributed by atoms with Gasteiger partial charge in [-0.1, -0.05) is 17.7 Å². The van der Waals surface area contributed by atoms with Crippen LogP contribution < -0.4 is 10.2 Å². The van der Waals surface area contributed by atoms with Crippen LogP contribution in [0.25, 0.3) is 0 Å². The second-order valence-electron chi connectivity index (χ2n) is 6.20. The number of rotatable bonds is 4. The summed E-state index contributed by atoms with van der Waals surface area (Å²) in [5, 5.41) is 11.7. The van der Waals surface area contributed by atoms with E-state index in [0.29, 0.717) is 5.69 Å². The van der Waals surface area contributed by atoms with Gasteiger partial charge >= 0.3 is 18.0 Å². The van der Waals surface area contributed by atoms with Crippen molar-refractivity contribution in [1.29, 1.82) is 0 Å². The van der Waals surface area contributed by atoms with Crippen LogP contribution in [-0.4, -0.2) is 30.2 Å². The fraction of sp³-hybridized carbons (Fsp3) is 0.150. The third kappa shape index (κ3) is 3.66. The number of esters is 1. The van der Waals surface area contributed by atoms with Crippen LogP contribution in [0.2, 0.25) is 5.02 Å². The van der Waals surface area contributed by atoms with Crippen molar-refractivity contribution in [3.63, 3.8) is 0 Å². The average molecular weight is 419 g/mol. The van der Waals surface area contributed by atoms with Crippen molar-refractivity contribution in [1.82, 2.24) is 5.32 Å². The number of nitrogens with one attached hydrogen (secondary N) is 1. The molecule has 0 bridgehead atoms. The molecule has 150 valence electrons. The lowest BCUT2D eigenvalue weighted by Gasteiger charge is -2.35. The van der Waals surface area contributed by atoms with Gasteiger partial charge in [0.1, 0.15) is 5.82 Å². The Labute approximate surface area is 170 Å². The lowest BCUT2D eigenvalue weighted by atomic mass is 9.94. The number of benzene rings is 2. The van der Waals surface area contributed by atoms with E-state index >= 15 is 0 Å². The SMILES string of the molecule is COC(=O)C1=C(C)N(c2ccc(C(=O)O)cc2)C(=O)NC1c1c(F)cccc1Cl. The van der Waals surface area contributed by atoms with Gasteiger partial charge in [0.05, 0.1) is 30.0 Å². The molecule has 2 aromatic rings. The number of urea groups is 1. The number of ether oxygens (including phenoxy) is 1. The largest absolute Gasteiger partial charge is 0.478 e. The number of carbonyl (C=O) groups excluding carboxylic acids is 2. The summed E-state index contributed by atoms with van der Waals surface area (Å²) < 4.78 is 19.3. The second kappa shape index (κ2) is 7.92. The molecule has 7 nitrogen and oxygen atoms in total. The molecule has 0 spiro atoms. The molecule has 0 saturated carbocycles. The first kappa shape index (κ1) is 20.3. The number of anilines is 1. The molecule has 2 amide bonds. The smallest absolute Gasteiger partial charge is 0.337 e. The molecule has 0 aliphatic carbocycles. The van der Waals surface area contributed by atoms with E-state index in [4.69, 9.17) is 21.4 Å². The Balaban J connectivity index is 2.16. The van der Waals surface area contributed by atoms with Crippen molar-refractivity contribution in [2.45, 2.75) is 13.0 Å². The number of carbonyl (C=O) groups is 3. The second-order valence-corrected chi connectivity index (χ2v) is 6.60. The van der Waals surface area contributed by atoms with E-state index in [1.165, 1.54) is 61.4 Å². The van der Waals surface area contributed by atoms with Crippen LogP contribution >= 0.6 is 11.6 Å². The van der Waals surface area contributed by atoms with Crippen molar-refractivity contribution >= 4 is 35.3 Å². The van der Waals surface area contributed by atoms with Gasteiger partial charge in [0, 0.05) is 16.3 Å². The molecule has 0 radical (unpaired) electrons. The molecule has 1 atom stereocenters. The number of nitrogens with zero attached hydrogens (tertiary/aromatic N) is 1. The normalized spacial score (nSPS) is 16.5. The van der Waals surface area contributed by atoms with E-state index in [0.717, 1.165) is 0 Å². The van der Waals surface area contributed by atoms with Gasteiger partial charge in [-0.05, 0) is 43.3 Å². The molecular formula is C20H16ClFN2O5. The zero-order chi connectivity index (χ0) is 21.3. The zero-order valence-electron chi connectivity index (χ0n) is 15.4. The van der Waals surface area contributed by atoms with E-state index in [2.05, 4.69) is 5.32 Å². The molecule has 1 aliphatic heterocycles. The molecule has 2 N–H and O–H groups in total. The van der Waals surface area contributed by atoms with E-state index in [1.807, 2.05) is 0 Å². The van der Waals surface area contributed by atoms with Crippen LogP contribution in [-0.2, 0) is 9.53 Å². The number of halogens is 2. The number of methoxy groups -OCH3 is 1. The first-order chi connectivity index (χ1) is 13.8. The third-order valence-electron chi connectivity index (χ3n) is 4.55. The Bertz CT molecular complexity index is 1020. The number of amides is 2. The van der Waals surface area contributed by atoms with Crippen LogP contribution in [0.4, 0.5) is 14.9 Å². The van der Waals surface area contributed by atoms with Gasteiger partial charge in [0.15, 0.2) is 0 Å². The quantitative estimate of drug-likeness (QED) is 0.734. The van der Waals surface area contributed by atoms with Crippen molar-refractivity contribution in [3.05, 3.63) is 75.7 Å². The summed E-state index contributed by atoms with van der Waals surface area (Å²) in [6.45, 7) is 1.51. The number of carboxylic acids is 1. The van der Waals surface area contributed by atoms with Crippen molar-refractivity contribution in [2.75, 3.05) is 12.0 Å². The minimum Gasteiger partial charge on any atom is -0.478 e. The molecule has 1 aliphatic rings. The standard InChI is InChI=1S/C20H16ClFN2O5/c1-10-15(19(27)29-2)17(16-13(21)4-3-5-14(16)22)23-20(28)24(10)12-8-6-11(7-9-12)18(25)26/h3-9,17H,1-2H3,(H,23,28)(H,25,26). The zero-order valence-corrected chi connectivity index (χ0v) is 16.2. The van der Waals surface area contributed by atoms with Gasteiger partial charge in [-0.2, -0.15) is 0 Å². The van der Waals surface area contributed by atoms with Gasteiger partial charge in [-0.25, -0.2) is 18.8 Å². The van der Waals surface area contributed by atoms with Gasteiger partial charge in [0.25, 0.3) is 0 Å². The average Bonchev–Trinajstić information content (AvgIpc) is 2.67. The summed E-state index contributed by atoms with van der Waals surface area (Å²) >= 11 is 6.14. The Morgan fingerprint density at radius 2 is 1.86 bits per heavy atom. The summed E-state index contributed by atoms with van der Waals surface area (Å²) in [5.41, 5.74) is 0.513. The van der Waals surface area contributed by atoms with Gasteiger partial charge in [-0.15, -0.1) is 0 Å². The maximum absolute atomic E-state index is 14.5. The molecule has 1 unspecified atom stereocenters. The third-order valence-corrected chi connectivity index (χ3v) is 4.88. The summed E-state index contributed by atoms with van der Waals surface area (Å²) in [4.78, 5) is 37.6. The maximum atomic E-state index is 14.5. The topological polar surface area (TPSA) is 95.9 Å². The minimum atomic E-state index is -1.15. The minimum absolute atomic E-state index is 0.00131. The van der Waals surface area contributed by atoms with E-state index in [1.54, 1.807) is 0 Å². The first-order valence-electron chi connectivity index (χ1n) is 8.43. The predicted molar refractivity (Wildman–Crippen MR) is 103 cm³/mol. The Morgan fingerprint density at radius 1 is 1.21 bits per heavy atom. The van der Waals surface area contributed by atoms with Crippen LogP contribution in [0.1, 0.15) is 28.9 Å². The Kier molecular flexibility index (Phi) is 5.56. The van der Waals surface area contributed by atoms with E-state index in [9.17, 15) is 18.8 Å². The molecule has 2 aromatic carbocycles. The molecule has 0 saturated heterocycles. The van der Waals surface area contributed by atoms with Crippen LogP contribution in [0.5, 0.6) is 0 Å². The maximum Gasteiger partial charge on any atom is 0.337 e. The van der Waals surface area contributed by atoms with Crippen LogP contribution in [0.15, 0.2) is 53.7 Å². The Morgan fingerprint density at radius 3 is 2.41 bits per heavy atom. The van der Waals surface area contributed by atoms with Gasteiger partial charge < -0.3 is 15.2 Å². The van der Waals surface area contributed by atoms with Gasteiger partial charge in [0.2, 0.25) is 0 Å². The summed E-state index contributed by atoms with van der Waals surface area (Å²) in [5.74, 6) is -2.56.